The minimum absolute atomic E-state index is 0.124. The van der Waals surface area contributed by atoms with E-state index in [9.17, 15) is 23.1 Å². The summed E-state index contributed by atoms with van der Waals surface area (Å²) in [5, 5.41) is 10.0. The number of amides is 1. The molecule has 0 saturated carbocycles. The average Bonchev–Trinajstić information content (AvgIpc) is 2.59. The van der Waals surface area contributed by atoms with Crippen molar-refractivity contribution in [3.63, 3.8) is 0 Å². The largest absolute Gasteiger partial charge is 0.490 e. The number of ether oxygens (including phenoxy) is 1. The summed E-state index contributed by atoms with van der Waals surface area (Å²) in [4.78, 5) is 13.5. The minimum Gasteiger partial charge on any atom is -0.490 e. The number of aliphatic hydroxyl groups excluding tert-OH is 1. The van der Waals surface area contributed by atoms with E-state index in [2.05, 4.69) is 0 Å². The van der Waals surface area contributed by atoms with Gasteiger partial charge in [0.1, 0.15) is 18.5 Å². The van der Waals surface area contributed by atoms with E-state index >= 15 is 0 Å². The molecule has 0 saturated heterocycles. The van der Waals surface area contributed by atoms with Crippen LogP contribution in [0.25, 0.3) is 0 Å². The lowest BCUT2D eigenvalue weighted by molar-refractivity contribution is -0.139. The lowest BCUT2D eigenvalue weighted by atomic mass is 10.1. The van der Waals surface area contributed by atoms with Gasteiger partial charge in [-0.05, 0) is 24.3 Å². The van der Waals surface area contributed by atoms with Crippen LogP contribution in [0.1, 0.15) is 15.9 Å². The predicted molar refractivity (Wildman–Crippen MR) is 90.8 cm³/mol. The number of anilines is 1. The van der Waals surface area contributed by atoms with Gasteiger partial charge in [0.2, 0.25) is 0 Å². The van der Waals surface area contributed by atoms with Crippen LogP contribution in [-0.4, -0.2) is 42.2 Å². The van der Waals surface area contributed by atoms with Gasteiger partial charge in [-0.15, -0.1) is 0 Å². The van der Waals surface area contributed by atoms with Crippen LogP contribution in [0.2, 0.25) is 0 Å². The number of likely N-dealkylation sites (N-methyl/N-ethyl adjacent to an activating group) is 1. The monoisotopic (exact) mass is 368 g/mol. The number of aliphatic hydroxyl groups is 1. The molecule has 1 atom stereocenters. The predicted octanol–water partition coefficient (Wildman–Crippen LogP) is 2.80. The van der Waals surface area contributed by atoms with Crippen molar-refractivity contribution in [2.45, 2.75) is 12.3 Å². The zero-order valence-corrected chi connectivity index (χ0v) is 14.0. The van der Waals surface area contributed by atoms with E-state index in [1.807, 2.05) is 0 Å². The number of benzene rings is 2. The smallest absolute Gasteiger partial charge is 0.419 e. The quantitative estimate of drug-likeness (QED) is 0.769. The van der Waals surface area contributed by atoms with Crippen LogP contribution in [0, 0.1) is 0 Å². The number of hydrogen-bond donors (Lipinski definition) is 2. The molecule has 0 aliphatic rings. The van der Waals surface area contributed by atoms with Crippen molar-refractivity contribution in [2.24, 2.45) is 0 Å². The summed E-state index contributed by atoms with van der Waals surface area (Å²) in [6, 6.07) is 11.2. The Labute approximate surface area is 148 Å². The molecular weight excluding hydrogens is 349 g/mol. The summed E-state index contributed by atoms with van der Waals surface area (Å²) in [6.45, 7) is -0.518. The first-order valence-corrected chi connectivity index (χ1v) is 7.77. The fraction of sp³-hybridized carbons (Fsp3) is 0.278. The maximum atomic E-state index is 12.9. The highest BCUT2D eigenvalue weighted by molar-refractivity contribution is 5.98. The number of carbonyl (C=O) groups is 1. The molecule has 0 fully saturated rings. The van der Waals surface area contributed by atoms with Gasteiger partial charge in [0, 0.05) is 19.3 Å². The van der Waals surface area contributed by atoms with Gasteiger partial charge >= 0.3 is 6.18 Å². The first-order chi connectivity index (χ1) is 12.2. The first kappa shape index (κ1) is 19.6. The molecule has 26 heavy (non-hydrogen) atoms. The number of nitrogens with two attached hydrogens (primary N) is 1. The summed E-state index contributed by atoms with van der Waals surface area (Å²) >= 11 is 0. The summed E-state index contributed by atoms with van der Waals surface area (Å²) in [6.07, 6.45) is -5.73. The maximum Gasteiger partial charge on any atom is 0.419 e. The van der Waals surface area contributed by atoms with Crippen LogP contribution in [-0.2, 0) is 6.18 Å². The van der Waals surface area contributed by atoms with Crippen molar-refractivity contribution in [1.82, 2.24) is 4.90 Å². The highest BCUT2D eigenvalue weighted by Gasteiger charge is 2.34. The van der Waals surface area contributed by atoms with E-state index in [0.29, 0.717) is 5.69 Å². The molecule has 140 valence electrons. The van der Waals surface area contributed by atoms with Crippen molar-refractivity contribution in [2.75, 3.05) is 25.9 Å². The van der Waals surface area contributed by atoms with Gasteiger partial charge in [-0.3, -0.25) is 4.79 Å². The molecule has 0 radical (unpaired) electrons. The summed E-state index contributed by atoms with van der Waals surface area (Å²) in [5.41, 5.74) is 5.40. The second kappa shape index (κ2) is 8.09. The molecule has 0 bridgehead atoms. The summed E-state index contributed by atoms with van der Waals surface area (Å²) < 4.78 is 43.8. The van der Waals surface area contributed by atoms with Gasteiger partial charge in [-0.2, -0.15) is 13.2 Å². The number of alkyl halides is 3. The van der Waals surface area contributed by atoms with E-state index in [1.165, 1.54) is 30.1 Å². The maximum absolute atomic E-state index is 12.9. The molecule has 3 N–H and O–H groups in total. The van der Waals surface area contributed by atoms with Crippen molar-refractivity contribution >= 4 is 11.6 Å². The molecule has 8 heteroatoms. The molecule has 2 aromatic rings. The van der Waals surface area contributed by atoms with Gasteiger partial charge < -0.3 is 20.5 Å². The Morgan fingerprint density at radius 3 is 2.46 bits per heavy atom. The molecule has 0 aliphatic heterocycles. The second-order valence-electron chi connectivity index (χ2n) is 5.73. The molecule has 0 aromatic heterocycles. The minimum atomic E-state index is -4.56. The van der Waals surface area contributed by atoms with E-state index < -0.39 is 30.4 Å². The molecule has 1 unspecified atom stereocenters. The van der Waals surface area contributed by atoms with E-state index in [0.717, 1.165) is 6.07 Å². The average molecular weight is 368 g/mol. The number of para-hydroxylation sites is 2. The molecule has 0 spiro atoms. The number of carbonyl (C=O) groups excluding carboxylic acids is 1. The lowest BCUT2D eigenvalue weighted by Gasteiger charge is -2.22. The first-order valence-electron chi connectivity index (χ1n) is 7.77. The molecular formula is C18H19F3N2O3. The Kier molecular flexibility index (Phi) is 6.10. The van der Waals surface area contributed by atoms with Crippen LogP contribution in [0.15, 0.2) is 48.5 Å². The zero-order valence-electron chi connectivity index (χ0n) is 14.0. The van der Waals surface area contributed by atoms with E-state index in [-0.39, 0.29) is 17.9 Å². The SMILES string of the molecule is CN(CC(O)COc1ccccc1C(F)(F)F)C(=O)c1ccccc1N. The Morgan fingerprint density at radius 1 is 1.19 bits per heavy atom. The van der Waals surface area contributed by atoms with Crippen molar-refractivity contribution in [3.05, 3.63) is 59.7 Å². The van der Waals surface area contributed by atoms with Crippen LogP contribution in [0.5, 0.6) is 5.75 Å². The van der Waals surface area contributed by atoms with E-state index in [1.54, 1.807) is 24.3 Å². The summed E-state index contributed by atoms with van der Waals surface area (Å²) in [7, 11) is 1.46. The van der Waals surface area contributed by atoms with Gasteiger partial charge in [0.25, 0.3) is 5.91 Å². The van der Waals surface area contributed by atoms with Gasteiger partial charge in [0.15, 0.2) is 0 Å². The van der Waals surface area contributed by atoms with Gasteiger partial charge in [0.05, 0.1) is 11.1 Å². The highest BCUT2D eigenvalue weighted by Crippen LogP contribution is 2.35. The van der Waals surface area contributed by atoms with E-state index in [4.69, 9.17) is 10.5 Å². The fourth-order valence-electron chi connectivity index (χ4n) is 2.36. The van der Waals surface area contributed by atoms with Gasteiger partial charge in [-0.25, -0.2) is 0 Å². The van der Waals surface area contributed by atoms with Crippen LogP contribution >= 0.6 is 0 Å². The normalized spacial score (nSPS) is 12.5. The van der Waals surface area contributed by atoms with Crippen molar-refractivity contribution in [3.8, 4) is 5.75 Å². The molecule has 0 heterocycles. The van der Waals surface area contributed by atoms with Crippen molar-refractivity contribution in [1.29, 1.82) is 0 Å². The van der Waals surface area contributed by atoms with Crippen molar-refractivity contribution < 1.29 is 27.8 Å². The number of hydrogen-bond acceptors (Lipinski definition) is 4. The van der Waals surface area contributed by atoms with Crippen LogP contribution in [0.3, 0.4) is 0 Å². The molecule has 5 nitrogen and oxygen atoms in total. The third kappa shape index (κ3) is 4.89. The number of nitrogen functional groups attached to an aromatic ring is 1. The third-order valence-electron chi connectivity index (χ3n) is 3.65. The van der Waals surface area contributed by atoms with Crippen LogP contribution < -0.4 is 10.5 Å². The Balaban J connectivity index is 1.96. The Hall–Kier alpha value is -2.74. The Bertz CT molecular complexity index is 765. The molecule has 2 aromatic carbocycles. The number of rotatable bonds is 6. The molecule has 0 aliphatic carbocycles. The second-order valence-corrected chi connectivity index (χ2v) is 5.73. The number of halogens is 3. The standard InChI is InChI=1S/C18H19F3N2O3/c1-23(17(25)13-6-2-4-8-15(13)22)10-12(24)11-26-16-9-5-3-7-14(16)18(19,20)21/h2-9,12,24H,10-11,22H2,1H3. The Morgan fingerprint density at radius 2 is 1.81 bits per heavy atom. The van der Waals surface area contributed by atoms with Gasteiger partial charge in [-0.1, -0.05) is 24.3 Å². The van der Waals surface area contributed by atoms with Crippen LogP contribution in [0.4, 0.5) is 18.9 Å². The lowest BCUT2D eigenvalue weighted by Crippen LogP contribution is -2.37. The zero-order chi connectivity index (χ0) is 19.3. The number of nitrogens with zero attached hydrogens (tertiary/aromatic N) is 1. The third-order valence-corrected chi connectivity index (χ3v) is 3.65. The highest BCUT2D eigenvalue weighted by atomic mass is 19.4. The molecule has 2 rings (SSSR count). The molecule has 1 amide bonds. The summed E-state index contributed by atoms with van der Waals surface area (Å²) in [5.74, 6) is -0.779. The topological polar surface area (TPSA) is 75.8 Å². The fourth-order valence-corrected chi connectivity index (χ4v) is 2.36.